The molecular formula is C9H7F4O2S. The van der Waals surface area contributed by atoms with Gasteiger partial charge in [-0.25, -0.2) is 12.8 Å². The van der Waals surface area contributed by atoms with Gasteiger partial charge in [0.2, 0.25) is 0 Å². The fourth-order valence-corrected chi connectivity index (χ4v) is 1.82. The Labute approximate surface area is 89.8 Å². The van der Waals surface area contributed by atoms with Crippen molar-refractivity contribution in [3.05, 3.63) is 41.4 Å². The van der Waals surface area contributed by atoms with Crippen LogP contribution in [0.15, 0.2) is 18.2 Å². The molecule has 0 spiro atoms. The Hall–Kier alpha value is -1.11. The van der Waals surface area contributed by atoms with E-state index in [0.29, 0.717) is 12.1 Å². The summed E-state index contributed by atoms with van der Waals surface area (Å²) in [5, 5.41) is 0. The largest absolute Gasteiger partial charge is 0.419 e. The molecule has 1 rings (SSSR count). The number of rotatable bonds is 2. The summed E-state index contributed by atoms with van der Waals surface area (Å²) in [6.45, 7) is 0. The second-order valence-corrected chi connectivity index (χ2v) is 4.98. The molecule has 0 bridgehead atoms. The highest BCUT2D eigenvalue weighted by molar-refractivity contribution is 7.91. The summed E-state index contributed by atoms with van der Waals surface area (Å²) in [5.41, 5.74) is -1.63. The van der Waals surface area contributed by atoms with Crippen molar-refractivity contribution in [3.8, 4) is 0 Å². The fourth-order valence-electron chi connectivity index (χ4n) is 1.13. The average Bonchev–Trinajstić information content (AvgIpc) is 2.04. The topological polar surface area (TPSA) is 34.1 Å². The molecule has 7 heteroatoms. The van der Waals surface area contributed by atoms with Gasteiger partial charge in [0.25, 0.3) is 0 Å². The first-order chi connectivity index (χ1) is 7.09. The zero-order valence-electron chi connectivity index (χ0n) is 7.88. The second kappa shape index (κ2) is 4.04. The fraction of sp³-hybridized carbons (Fsp3) is 0.222. The van der Waals surface area contributed by atoms with Crippen molar-refractivity contribution >= 4 is 9.84 Å². The lowest BCUT2D eigenvalue weighted by Crippen LogP contribution is -2.09. The molecule has 89 valence electrons. The standard InChI is InChI=1S/C9H7F4O2S/c1-16(14,15)5-6-2-3-8(10)7(4-6)9(11,12)13/h2-4H,1,5H2. The minimum absolute atomic E-state index is 0.149. The van der Waals surface area contributed by atoms with E-state index in [1.807, 2.05) is 0 Å². The summed E-state index contributed by atoms with van der Waals surface area (Å²) in [6, 6.07) is 2.04. The Morgan fingerprint density at radius 3 is 2.25 bits per heavy atom. The van der Waals surface area contributed by atoms with E-state index in [9.17, 15) is 26.0 Å². The number of sulfone groups is 1. The molecule has 0 aromatic heterocycles. The van der Waals surface area contributed by atoms with Gasteiger partial charge in [-0.05, 0) is 17.7 Å². The molecule has 0 fully saturated rings. The van der Waals surface area contributed by atoms with Crippen molar-refractivity contribution < 1.29 is 26.0 Å². The monoisotopic (exact) mass is 255 g/mol. The first-order valence-electron chi connectivity index (χ1n) is 4.01. The van der Waals surface area contributed by atoms with Crippen LogP contribution in [0.25, 0.3) is 0 Å². The molecular weight excluding hydrogens is 248 g/mol. The first-order valence-corrected chi connectivity index (χ1v) is 5.83. The van der Waals surface area contributed by atoms with E-state index < -0.39 is 33.1 Å². The summed E-state index contributed by atoms with van der Waals surface area (Å²) >= 11 is 0. The summed E-state index contributed by atoms with van der Waals surface area (Å²) in [5.74, 6) is -2.09. The molecule has 0 aliphatic carbocycles. The first kappa shape index (κ1) is 13.0. The van der Waals surface area contributed by atoms with E-state index in [2.05, 4.69) is 6.26 Å². The van der Waals surface area contributed by atoms with Gasteiger partial charge < -0.3 is 0 Å². The summed E-state index contributed by atoms with van der Waals surface area (Å²) < 4.78 is 71.1. The van der Waals surface area contributed by atoms with Crippen LogP contribution in [-0.2, 0) is 21.8 Å². The van der Waals surface area contributed by atoms with Crippen molar-refractivity contribution in [2.24, 2.45) is 0 Å². The van der Waals surface area contributed by atoms with Gasteiger partial charge in [-0.15, -0.1) is 0 Å². The molecule has 0 amide bonds. The van der Waals surface area contributed by atoms with Crippen molar-refractivity contribution in [1.29, 1.82) is 0 Å². The zero-order chi connectivity index (χ0) is 12.6. The van der Waals surface area contributed by atoms with Gasteiger partial charge in [0.1, 0.15) is 5.82 Å². The molecule has 2 nitrogen and oxygen atoms in total. The van der Waals surface area contributed by atoms with Gasteiger partial charge in [-0.3, -0.25) is 0 Å². The van der Waals surface area contributed by atoms with Gasteiger partial charge in [0.15, 0.2) is 9.84 Å². The van der Waals surface area contributed by atoms with Crippen LogP contribution < -0.4 is 0 Å². The third-order valence-corrected chi connectivity index (χ3v) is 2.50. The quantitative estimate of drug-likeness (QED) is 0.761. The third-order valence-electron chi connectivity index (χ3n) is 1.72. The Bertz CT molecular complexity index is 491. The third kappa shape index (κ3) is 3.48. The van der Waals surface area contributed by atoms with Gasteiger partial charge in [0, 0.05) is 0 Å². The number of halogens is 4. The van der Waals surface area contributed by atoms with Crippen LogP contribution in [0.2, 0.25) is 0 Å². The second-order valence-electron chi connectivity index (χ2n) is 3.20. The highest BCUT2D eigenvalue weighted by atomic mass is 32.2. The van der Waals surface area contributed by atoms with E-state index in [1.54, 1.807) is 0 Å². The van der Waals surface area contributed by atoms with Gasteiger partial charge in [-0.2, -0.15) is 13.2 Å². The Morgan fingerprint density at radius 2 is 1.81 bits per heavy atom. The van der Waals surface area contributed by atoms with Crippen LogP contribution in [-0.4, -0.2) is 8.42 Å². The Kier molecular flexibility index (Phi) is 3.27. The summed E-state index contributed by atoms with van der Waals surface area (Å²) in [7, 11) is -3.69. The average molecular weight is 255 g/mol. The summed E-state index contributed by atoms with van der Waals surface area (Å²) in [6.07, 6.45) is -2.07. The Morgan fingerprint density at radius 1 is 1.25 bits per heavy atom. The molecule has 1 aromatic carbocycles. The zero-order valence-corrected chi connectivity index (χ0v) is 8.70. The lowest BCUT2D eigenvalue weighted by Gasteiger charge is -2.09. The highest BCUT2D eigenvalue weighted by Crippen LogP contribution is 2.32. The number of benzene rings is 1. The molecule has 0 atom stereocenters. The molecule has 0 saturated heterocycles. The SMILES string of the molecule is [CH2]S(=O)(=O)Cc1ccc(F)c(C(F)(F)F)c1. The molecule has 0 heterocycles. The number of hydrogen-bond acceptors (Lipinski definition) is 2. The minimum Gasteiger partial charge on any atom is -0.228 e. The van der Waals surface area contributed by atoms with Gasteiger partial charge in [-0.1, -0.05) is 6.07 Å². The van der Waals surface area contributed by atoms with Crippen molar-refractivity contribution in [3.63, 3.8) is 0 Å². The molecule has 1 radical (unpaired) electrons. The van der Waals surface area contributed by atoms with Crippen molar-refractivity contribution in [2.75, 3.05) is 0 Å². The predicted molar refractivity (Wildman–Crippen MR) is 49.4 cm³/mol. The van der Waals surface area contributed by atoms with Gasteiger partial charge in [0.05, 0.1) is 17.6 Å². The molecule has 1 aromatic rings. The van der Waals surface area contributed by atoms with Crippen LogP contribution in [0.5, 0.6) is 0 Å². The molecule has 0 aliphatic rings. The van der Waals surface area contributed by atoms with Crippen molar-refractivity contribution in [2.45, 2.75) is 11.9 Å². The van der Waals surface area contributed by atoms with E-state index in [1.165, 1.54) is 0 Å². The molecule has 16 heavy (non-hydrogen) atoms. The molecule has 0 aliphatic heterocycles. The molecule has 0 unspecified atom stereocenters. The minimum atomic E-state index is -4.84. The van der Waals surface area contributed by atoms with Crippen LogP contribution in [0.1, 0.15) is 11.1 Å². The van der Waals surface area contributed by atoms with E-state index in [0.717, 1.165) is 6.07 Å². The molecule has 0 saturated carbocycles. The smallest absolute Gasteiger partial charge is 0.228 e. The Balaban J connectivity index is 3.18. The van der Waals surface area contributed by atoms with E-state index >= 15 is 0 Å². The summed E-state index contributed by atoms with van der Waals surface area (Å²) in [4.78, 5) is 0. The van der Waals surface area contributed by atoms with Crippen LogP contribution in [0.4, 0.5) is 17.6 Å². The van der Waals surface area contributed by atoms with Crippen LogP contribution in [0, 0.1) is 12.1 Å². The maximum absolute atomic E-state index is 12.8. The van der Waals surface area contributed by atoms with E-state index in [4.69, 9.17) is 0 Å². The highest BCUT2D eigenvalue weighted by Gasteiger charge is 2.34. The number of alkyl halides is 3. The molecule has 0 N–H and O–H groups in total. The van der Waals surface area contributed by atoms with Crippen molar-refractivity contribution in [1.82, 2.24) is 0 Å². The number of hydrogen-bond donors (Lipinski definition) is 0. The lowest BCUT2D eigenvalue weighted by atomic mass is 10.1. The predicted octanol–water partition coefficient (Wildman–Crippen LogP) is 2.55. The lowest BCUT2D eigenvalue weighted by molar-refractivity contribution is -0.140. The maximum Gasteiger partial charge on any atom is 0.419 e. The van der Waals surface area contributed by atoms with Crippen LogP contribution in [0.3, 0.4) is 0 Å². The van der Waals surface area contributed by atoms with Gasteiger partial charge >= 0.3 is 6.18 Å². The maximum atomic E-state index is 12.8. The normalized spacial score (nSPS) is 12.8. The van der Waals surface area contributed by atoms with Crippen LogP contribution >= 0.6 is 0 Å². The van der Waals surface area contributed by atoms with E-state index in [-0.39, 0.29) is 5.56 Å².